The predicted molar refractivity (Wildman–Crippen MR) is 93.1 cm³/mol. The second-order valence-electron chi connectivity index (χ2n) is 5.58. The van der Waals surface area contributed by atoms with E-state index in [2.05, 4.69) is 0 Å². The van der Waals surface area contributed by atoms with Crippen LogP contribution in [0.25, 0.3) is 0 Å². The third-order valence-corrected chi connectivity index (χ3v) is 4.70. The van der Waals surface area contributed by atoms with Crippen molar-refractivity contribution >= 4 is 29.1 Å². The molecule has 1 aliphatic heterocycles. The maximum Gasteiger partial charge on any atom is 0.414 e. The molecule has 8 heteroatoms. The molecule has 2 aromatic rings. The number of cyclic esters (lactones) is 1. The van der Waals surface area contributed by atoms with Crippen LogP contribution in [0.1, 0.15) is 10.4 Å². The standard InChI is InChI=1S/C17H18N2O5S/c18-8-11-1-3-12(4-2-11)19-9-13(24-17(19)22)10-23-14-5-6-25-15(14)7-16(20)21/h1-6,13H,7-10,18H2,(H,20,21). The molecule has 0 bridgehead atoms. The van der Waals surface area contributed by atoms with Gasteiger partial charge in [0, 0.05) is 12.2 Å². The molecule has 1 saturated heterocycles. The highest BCUT2D eigenvalue weighted by atomic mass is 32.1. The molecule has 0 saturated carbocycles. The number of nitrogens with zero attached hydrogens (tertiary/aromatic N) is 1. The van der Waals surface area contributed by atoms with Crippen LogP contribution in [0.5, 0.6) is 5.75 Å². The molecule has 0 radical (unpaired) electrons. The Labute approximate surface area is 148 Å². The third-order valence-electron chi connectivity index (χ3n) is 3.80. The van der Waals surface area contributed by atoms with Crippen molar-refractivity contribution in [3.8, 4) is 5.75 Å². The maximum absolute atomic E-state index is 12.1. The number of carbonyl (C=O) groups excluding carboxylic acids is 1. The summed E-state index contributed by atoms with van der Waals surface area (Å²) in [6, 6.07) is 9.13. The van der Waals surface area contributed by atoms with E-state index in [0.29, 0.717) is 23.7 Å². The van der Waals surface area contributed by atoms with E-state index in [4.69, 9.17) is 20.3 Å². The van der Waals surface area contributed by atoms with Crippen molar-refractivity contribution < 1.29 is 24.2 Å². The van der Waals surface area contributed by atoms with Crippen molar-refractivity contribution in [1.82, 2.24) is 0 Å². The first-order chi connectivity index (χ1) is 12.1. The molecule has 0 spiro atoms. The molecule has 25 heavy (non-hydrogen) atoms. The van der Waals surface area contributed by atoms with Gasteiger partial charge in [0.15, 0.2) is 6.10 Å². The van der Waals surface area contributed by atoms with Crippen LogP contribution in [-0.4, -0.2) is 36.4 Å². The minimum atomic E-state index is -0.910. The number of anilines is 1. The average molecular weight is 362 g/mol. The number of hydrogen-bond donors (Lipinski definition) is 2. The van der Waals surface area contributed by atoms with E-state index >= 15 is 0 Å². The van der Waals surface area contributed by atoms with E-state index in [1.165, 1.54) is 11.3 Å². The molecule has 1 fully saturated rings. The second kappa shape index (κ2) is 7.54. The Bertz CT molecular complexity index is 759. The molecule has 2 heterocycles. The van der Waals surface area contributed by atoms with Crippen LogP contribution in [0, 0.1) is 0 Å². The number of thiophene rings is 1. The van der Waals surface area contributed by atoms with Gasteiger partial charge in [-0.05, 0) is 29.1 Å². The normalized spacial score (nSPS) is 16.8. The Hall–Kier alpha value is -2.58. The Morgan fingerprint density at radius 3 is 2.80 bits per heavy atom. The average Bonchev–Trinajstić information content (AvgIpc) is 3.19. The summed E-state index contributed by atoms with van der Waals surface area (Å²) in [5.41, 5.74) is 7.30. The number of rotatable bonds is 7. The fourth-order valence-electron chi connectivity index (χ4n) is 2.54. The van der Waals surface area contributed by atoms with Gasteiger partial charge in [-0.1, -0.05) is 12.1 Å². The van der Waals surface area contributed by atoms with Gasteiger partial charge in [0.2, 0.25) is 0 Å². The SMILES string of the molecule is NCc1ccc(N2CC(COc3ccsc3CC(=O)O)OC2=O)cc1. The summed E-state index contributed by atoms with van der Waals surface area (Å²) in [6.45, 7) is 0.992. The lowest BCUT2D eigenvalue weighted by atomic mass is 10.2. The minimum Gasteiger partial charge on any atom is -0.488 e. The fraction of sp³-hybridized carbons (Fsp3) is 0.294. The van der Waals surface area contributed by atoms with Crippen LogP contribution in [-0.2, 0) is 22.5 Å². The number of benzene rings is 1. The number of ether oxygens (including phenoxy) is 2. The van der Waals surface area contributed by atoms with Crippen LogP contribution < -0.4 is 15.4 Å². The lowest BCUT2D eigenvalue weighted by molar-refractivity contribution is -0.136. The first kappa shape index (κ1) is 17.2. The monoisotopic (exact) mass is 362 g/mol. The van der Waals surface area contributed by atoms with E-state index in [1.54, 1.807) is 16.3 Å². The lowest BCUT2D eigenvalue weighted by Crippen LogP contribution is -2.26. The van der Waals surface area contributed by atoms with Gasteiger partial charge in [0.05, 0.1) is 17.8 Å². The van der Waals surface area contributed by atoms with Crippen LogP contribution in [0.2, 0.25) is 0 Å². The second-order valence-corrected chi connectivity index (χ2v) is 6.58. The van der Waals surface area contributed by atoms with Gasteiger partial charge in [-0.3, -0.25) is 9.69 Å². The zero-order valence-corrected chi connectivity index (χ0v) is 14.2. The zero-order valence-electron chi connectivity index (χ0n) is 13.4. The largest absolute Gasteiger partial charge is 0.488 e. The number of carboxylic acids is 1. The van der Waals surface area contributed by atoms with Crippen LogP contribution in [0.4, 0.5) is 10.5 Å². The van der Waals surface area contributed by atoms with Crippen LogP contribution in [0.15, 0.2) is 35.7 Å². The topological polar surface area (TPSA) is 102 Å². The smallest absolute Gasteiger partial charge is 0.414 e. The highest BCUT2D eigenvalue weighted by Crippen LogP contribution is 2.27. The molecule has 1 aromatic carbocycles. The van der Waals surface area contributed by atoms with Crippen molar-refractivity contribution in [2.24, 2.45) is 5.73 Å². The number of hydrogen-bond acceptors (Lipinski definition) is 6. The summed E-state index contributed by atoms with van der Waals surface area (Å²) in [7, 11) is 0. The first-order valence-corrected chi connectivity index (χ1v) is 8.63. The Balaban J connectivity index is 1.59. The molecule has 0 aliphatic carbocycles. The highest BCUT2D eigenvalue weighted by Gasteiger charge is 2.33. The van der Waals surface area contributed by atoms with E-state index in [9.17, 15) is 9.59 Å². The minimum absolute atomic E-state index is 0.0862. The quantitative estimate of drug-likeness (QED) is 0.783. The summed E-state index contributed by atoms with van der Waals surface area (Å²) in [6.07, 6.45) is -0.929. The van der Waals surface area contributed by atoms with Crippen molar-refractivity contribution in [2.45, 2.75) is 19.1 Å². The van der Waals surface area contributed by atoms with E-state index in [-0.39, 0.29) is 13.0 Å². The van der Waals surface area contributed by atoms with Gasteiger partial charge in [0.25, 0.3) is 0 Å². The summed E-state index contributed by atoms with van der Waals surface area (Å²) in [4.78, 5) is 25.1. The van der Waals surface area contributed by atoms with Gasteiger partial charge < -0.3 is 20.3 Å². The maximum atomic E-state index is 12.1. The summed E-state index contributed by atoms with van der Waals surface area (Å²) in [5.74, 6) is -0.388. The molecule has 1 unspecified atom stereocenters. The van der Waals surface area contributed by atoms with Gasteiger partial charge in [0.1, 0.15) is 12.4 Å². The number of carboxylic acid groups (broad SMARTS) is 1. The van der Waals surface area contributed by atoms with Crippen molar-refractivity contribution in [1.29, 1.82) is 0 Å². The fourth-order valence-corrected chi connectivity index (χ4v) is 3.34. The molecular weight excluding hydrogens is 344 g/mol. The van der Waals surface area contributed by atoms with Crippen molar-refractivity contribution in [2.75, 3.05) is 18.1 Å². The predicted octanol–water partition coefficient (Wildman–Crippen LogP) is 2.24. The molecule has 1 aromatic heterocycles. The van der Waals surface area contributed by atoms with Gasteiger partial charge in [-0.15, -0.1) is 11.3 Å². The van der Waals surface area contributed by atoms with E-state index in [1.807, 2.05) is 24.3 Å². The Morgan fingerprint density at radius 1 is 1.36 bits per heavy atom. The molecule has 7 nitrogen and oxygen atoms in total. The lowest BCUT2D eigenvalue weighted by Gasteiger charge is -2.13. The molecule has 132 valence electrons. The van der Waals surface area contributed by atoms with Crippen molar-refractivity contribution in [3.63, 3.8) is 0 Å². The highest BCUT2D eigenvalue weighted by molar-refractivity contribution is 7.10. The van der Waals surface area contributed by atoms with Gasteiger partial charge in [-0.2, -0.15) is 0 Å². The van der Waals surface area contributed by atoms with Gasteiger partial charge >= 0.3 is 12.1 Å². The molecule has 3 N–H and O–H groups in total. The summed E-state index contributed by atoms with van der Waals surface area (Å²) in [5, 5.41) is 10.7. The number of nitrogens with two attached hydrogens (primary N) is 1. The third kappa shape index (κ3) is 4.09. The molecule has 1 aliphatic rings. The molecular formula is C17H18N2O5S. The molecule has 1 amide bonds. The molecule has 1 atom stereocenters. The Morgan fingerprint density at radius 2 is 2.12 bits per heavy atom. The van der Waals surface area contributed by atoms with Crippen molar-refractivity contribution in [3.05, 3.63) is 46.2 Å². The van der Waals surface area contributed by atoms with Gasteiger partial charge in [-0.25, -0.2) is 4.79 Å². The Kier molecular flexibility index (Phi) is 5.20. The zero-order chi connectivity index (χ0) is 17.8. The van der Waals surface area contributed by atoms with E-state index in [0.717, 1.165) is 11.3 Å². The molecule has 3 rings (SSSR count). The number of carbonyl (C=O) groups is 2. The van der Waals surface area contributed by atoms with Crippen LogP contribution >= 0.6 is 11.3 Å². The number of amides is 1. The van der Waals surface area contributed by atoms with E-state index < -0.39 is 18.2 Å². The number of aliphatic carboxylic acids is 1. The van der Waals surface area contributed by atoms with Crippen LogP contribution in [0.3, 0.4) is 0 Å². The summed E-state index contributed by atoms with van der Waals surface area (Å²) < 4.78 is 11.0. The first-order valence-electron chi connectivity index (χ1n) is 7.75. The summed E-state index contributed by atoms with van der Waals surface area (Å²) >= 11 is 1.33.